The second kappa shape index (κ2) is 13.4. The van der Waals surface area contributed by atoms with Gasteiger partial charge in [-0.1, -0.05) is 44.8 Å². The van der Waals surface area contributed by atoms with E-state index in [4.69, 9.17) is 10.5 Å². The minimum absolute atomic E-state index is 0.274. The highest BCUT2D eigenvalue weighted by Crippen LogP contribution is 2.28. The molecule has 0 bridgehead atoms. The fraction of sp³-hybridized carbons (Fsp3) is 0.724. The minimum Gasteiger partial charge on any atom is -0.493 e. The van der Waals surface area contributed by atoms with Gasteiger partial charge in [0.25, 0.3) is 0 Å². The van der Waals surface area contributed by atoms with Crippen LogP contribution in [-0.4, -0.2) is 49.8 Å². The van der Waals surface area contributed by atoms with Gasteiger partial charge in [-0.05, 0) is 88.6 Å². The molecule has 1 aliphatic heterocycles. The van der Waals surface area contributed by atoms with Crippen LogP contribution in [0.5, 0.6) is 5.75 Å². The van der Waals surface area contributed by atoms with Gasteiger partial charge in [0.2, 0.25) is 0 Å². The largest absolute Gasteiger partial charge is 0.493 e. The SMILES string of the molecule is CC(C)=CCN(c1ccc(OCC2CCCCC2)cc1)[C@H]1CCCN(CC(N)CC(C)C)C1. The first-order valence-corrected chi connectivity index (χ1v) is 13.5. The Balaban J connectivity index is 1.62. The van der Waals surface area contributed by atoms with Crippen LogP contribution in [0.1, 0.15) is 79.1 Å². The maximum Gasteiger partial charge on any atom is 0.119 e. The number of ether oxygens (including phenoxy) is 1. The Hall–Kier alpha value is -1.52. The number of nitrogens with zero attached hydrogens (tertiary/aromatic N) is 2. The van der Waals surface area contributed by atoms with E-state index in [9.17, 15) is 0 Å². The molecule has 1 unspecified atom stereocenters. The van der Waals surface area contributed by atoms with Crippen LogP contribution >= 0.6 is 0 Å². The third-order valence-corrected chi connectivity index (χ3v) is 7.26. The molecule has 186 valence electrons. The molecular weight excluding hydrogens is 406 g/mol. The van der Waals surface area contributed by atoms with Gasteiger partial charge in [-0.2, -0.15) is 0 Å². The van der Waals surface area contributed by atoms with E-state index in [0.717, 1.165) is 44.3 Å². The van der Waals surface area contributed by atoms with Crippen LogP contribution < -0.4 is 15.4 Å². The summed E-state index contributed by atoms with van der Waals surface area (Å²) in [4.78, 5) is 5.19. The molecule has 2 atom stereocenters. The van der Waals surface area contributed by atoms with E-state index >= 15 is 0 Å². The molecule has 0 amide bonds. The fourth-order valence-electron chi connectivity index (χ4n) is 5.51. The number of nitrogens with two attached hydrogens (primary N) is 1. The molecule has 3 rings (SSSR count). The smallest absolute Gasteiger partial charge is 0.119 e. The van der Waals surface area contributed by atoms with Crippen molar-refractivity contribution in [3.8, 4) is 5.75 Å². The van der Waals surface area contributed by atoms with Crippen molar-refractivity contribution in [3.05, 3.63) is 35.9 Å². The van der Waals surface area contributed by atoms with Gasteiger partial charge in [-0.15, -0.1) is 0 Å². The van der Waals surface area contributed by atoms with Crippen LogP contribution in [0.4, 0.5) is 5.69 Å². The van der Waals surface area contributed by atoms with Crippen molar-refractivity contribution >= 4 is 5.69 Å². The number of allylic oxidation sites excluding steroid dienone is 1. The number of benzene rings is 1. The molecule has 2 fully saturated rings. The summed E-state index contributed by atoms with van der Waals surface area (Å²) in [6.07, 6.45) is 12.7. The maximum absolute atomic E-state index is 6.46. The monoisotopic (exact) mass is 455 g/mol. The number of piperidine rings is 1. The van der Waals surface area contributed by atoms with Crippen molar-refractivity contribution in [2.45, 2.75) is 91.1 Å². The zero-order valence-electron chi connectivity index (χ0n) is 21.8. The van der Waals surface area contributed by atoms with Gasteiger partial charge in [-0.25, -0.2) is 0 Å². The van der Waals surface area contributed by atoms with E-state index in [1.165, 1.54) is 62.8 Å². The average molecular weight is 456 g/mol. The molecule has 1 aromatic carbocycles. The molecule has 1 heterocycles. The lowest BCUT2D eigenvalue weighted by Gasteiger charge is -2.41. The summed E-state index contributed by atoms with van der Waals surface area (Å²) in [7, 11) is 0. The quantitative estimate of drug-likeness (QED) is 0.400. The molecule has 1 aromatic rings. The molecule has 2 N–H and O–H groups in total. The Morgan fingerprint density at radius 3 is 2.48 bits per heavy atom. The summed E-state index contributed by atoms with van der Waals surface area (Å²) in [6.45, 7) is 14.0. The van der Waals surface area contributed by atoms with E-state index in [1.54, 1.807) is 0 Å². The second-order valence-corrected chi connectivity index (χ2v) is 11.2. The predicted octanol–water partition coefficient (Wildman–Crippen LogP) is 6.26. The highest BCUT2D eigenvalue weighted by Gasteiger charge is 2.26. The van der Waals surface area contributed by atoms with Crippen LogP contribution in [0.3, 0.4) is 0 Å². The molecule has 0 spiro atoms. The Morgan fingerprint density at radius 1 is 1.09 bits per heavy atom. The van der Waals surface area contributed by atoms with Gasteiger partial charge in [-0.3, -0.25) is 4.90 Å². The van der Waals surface area contributed by atoms with E-state index in [1.807, 2.05) is 0 Å². The number of hydrogen-bond donors (Lipinski definition) is 1. The maximum atomic E-state index is 6.46. The zero-order valence-corrected chi connectivity index (χ0v) is 21.8. The topological polar surface area (TPSA) is 41.7 Å². The summed E-state index contributed by atoms with van der Waals surface area (Å²) < 4.78 is 6.16. The summed E-state index contributed by atoms with van der Waals surface area (Å²) in [5.74, 6) is 2.41. The van der Waals surface area contributed by atoms with Crippen molar-refractivity contribution in [2.75, 3.05) is 37.7 Å². The summed E-state index contributed by atoms with van der Waals surface area (Å²) in [5, 5.41) is 0. The van der Waals surface area contributed by atoms with Gasteiger partial charge < -0.3 is 15.4 Å². The molecule has 1 saturated carbocycles. The number of anilines is 1. The fourth-order valence-corrected chi connectivity index (χ4v) is 5.51. The van der Waals surface area contributed by atoms with Gasteiger partial charge in [0.1, 0.15) is 5.75 Å². The highest BCUT2D eigenvalue weighted by molar-refractivity contribution is 5.51. The Morgan fingerprint density at radius 2 is 1.82 bits per heavy atom. The molecule has 4 nitrogen and oxygen atoms in total. The van der Waals surface area contributed by atoms with Crippen LogP contribution in [0.25, 0.3) is 0 Å². The van der Waals surface area contributed by atoms with Crippen LogP contribution in [-0.2, 0) is 0 Å². The number of likely N-dealkylation sites (tertiary alicyclic amines) is 1. The third-order valence-electron chi connectivity index (χ3n) is 7.26. The minimum atomic E-state index is 0.274. The average Bonchev–Trinajstić information content (AvgIpc) is 2.79. The lowest BCUT2D eigenvalue weighted by molar-refractivity contribution is 0.188. The second-order valence-electron chi connectivity index (χ2n) is 11.2. The molecular formula is C29H49N3O. The van der Waals surface area contributed by atoms with E-state index in [2.05, 4.69) is 67.8 Å². The molecule has 1 saturated heterocycles. The zero-order chi connectivity index (χ0) is 23.6. The summed E-state index contributed by atoms with van der Waals surface area (Å²) >= 11 is 0. The Kier molecular flexibility index (Phi) is 10.6. The molecule has 2 aliphatic rings. The van der Waals surface area contributed by atoms with Crippen molar-refractivity contribution in [2.24, 2.45) is 17.6 Å². The Bertz CT molecular complexity index is 704. The first-order valence-electron chi connectivity index (χ1n) is 13.5. The van der Waals surface area contributed by atoms with Gasteiger partial charge in [0.05, 0.1) is 6.61 Å². The highest BCUT2D eigenvalue weighted by atomic mass is 16.5. The van der Waals surface area contributed by atoms with E-state index < -0.39 is 0 Å². The van der Waals surface area contributed by atoms with Gasteiger partial charge in [0.15, 0.2) is 0 Å². The lowest BCUT2D eigenvalue weighted by atomic mass is 9.90. The van der Waals surface area contributed by atoms with Gasteiger partial charge >= 0.3 is 0 Å². The van der Waals surface area contributed by atoms with Gasteiger partial charge in [0, 0.05) is 37.4 Å². The summed E-state index contributed by atoms with van der Waals surface area (Å²) in [6, 6.07) is 9.67. The van der Waals surface area contributed by atoms with E-state index in [0.29, 0.717) is 12.0 Å². The van der Waals surface area contributed by atoms with E-state index in [-0.39, 0.29) is 6.04 Å². The van der Waals surface area contributed by atoms with Crippen LogP contribution in [0, 0.1) is 11.8 Å². The lowest BCUT2D eigenvalue weighted by Crippen LogP contribution is -2.51. The molecule has 33 heavy (non-hydrogen) atoms. The summed E-state index contributed by atoms with van der Waals surface area (Å²) in [5.41, 5.74) is 9.13. The number of rotatable bonds is 11. The number of hydrogen-bond acceptors (Lipinski definition) is 4. The van der Waals surface area contributed by atoms with Crippen molar-refractivity contribution in [1.82, 2.24) is 4.90 Å². The molecule has 4 heteroatoms. The normalized spacial score (nSPS) is 21.1. The van der Waals surface area contributed by atoms with Crippen molar-refractivity contribution in [3.63, 3.8) is 0 Å². The van der Waals surface area contributed by atoms with Crippen LogP contribution in [0.15, 0.2) is 35.9 Å². The molecule has 0 radical (unpaired) electrons. The first kappa shape index (κ1) is 26.1. The van der Waals surface area contributed by atoms with Crippen molar-refractivity contribution in [1.29, 1.82) is 0 Å². The third kappa shape index (κ3) is 8.98. The molecule has 1 aliphatic carbocycles. The standard InChI is InChI=1S/C29H49N3O/c1-23(2)16-18-32(28-11-8-17-31(21-28)20-26(30)19-24(3)4)27-12-14-29(15-13-27)33-22-25-9-6-5-7-10-25/h12-16,24-26,28H,5-11,17-22,30H2,1-4H3/t26?,28-/m0/s1. The molecule has 0 aromatic heterocycles. The Labute approximate surface area is 203 Å². The van der Waals surface area contributed by atoms with Crippen molar-refractivity contribution < 1.29 is 4.74 Å². The predicted molar refractivity (Wildman–Crippen MR) is 142 cm³/mol. The van der Waals surface area contributed by atoms with Crippen LogP contribution in [0.2, 0.25) is 0 Å². The first-order chi connectivity index (χ1) is 15.9.